The van der Waals surface area contributed by atoms with E-state index in [1.807, 2.05) is 0 Å². The first kappa shape index (κ1) is 10.2. The fourth-order valence-corrected chi connectivity index (χ4v) is 1.90. The lowest BCUT2D eigenvalue weighted by Gasteiger charge is -1.95. The van der Waals surface area contributed by atoms with Gasteiger partial charge in [-0.1, -0.05) is 12.1 Å². The molecule has 2 aromatic rings. The zero-order valence-electron chi connectivity index (χ0n) is 9.22. The van der Waals surface area contributed by atoms with Crippen molar-refractivity contribution in [3.8, 4) is 0 Å². The van der Waals surface area contributed by atoms with Crippen molar-refractivity contribution in [2.75, 3.05) is 6.54 Å². The highest BCUT2D eigenvalue weighted by Crippen LogP contribution is 2.17. The number of rotatable bonds is 4. The van der Waals surface area contributed by atoms with Gasteiger partial charge < -0.3 is 10.7 Å². The van der Waals surface area contributed by atoms with E-state index < -0.39 is 0 Å². The molecule has 0 bridgehead atoms. The summed E-state index contributed by atoms with van der Waals surface area (Å²) in [5.74, 6) is 0. The van der Waals surface area contributed by atoms with Crippen LogP contribution < -0.4 is 5.73 Å². The molecule has 1 aromatic heterocycles. The molecule has 0 spiro atoms. The third-order valence-electron chi connectivity index (χ3n) is 2.73. The number of H-pyrrole nitrogens is 1. The summed E-state index contributed by atoms with van der Waals surface area (Å²) in [5, 5.41) is 1.31. The molecule has 0 fully saturated rings. The van der Waals surface area contributed by atoms with Gasteiger partial charge in [0.15, 0.2) is 0 Å². The summed E-state index contributed by atoms with van der Waals surface area (Å²) in [6.07, 6.45) is 3.38. The maximum Gasteiger partial charge on any atom is 0.0458 e. The van der Waals surface area contributed by atoms with E-state index in [-0.39, 0.29) is 0 Å². The molecular weight excluding hydrogens is 184 g/mol. The van der Waals surface area contributed by atoms with E-state index in [0.29, 0.717) is 0 Å². The molecule has 0 saturated heterocycles. The van der Waals surface area contributed by atoms with Crippen molar-refractivity contribution in [3.05, 3.63) is 35.5 Å². The van der Waals surface area contributed by atoms with Crippen molar-refractivity contribution >= 4 is 10.9 Å². The monoisotopic (exact) mass is 202 g/mol. The molecule has 2 nitrogen and oxygen atoms in total. The van der Waals surface area contributed by atoms with Gasteiger partial charge >= 0.3 is 0 Å². The van der Waals surface area contributed by atoms with E-state index in [1.165, 1.54) is 28.6 Å². The predicted molar refractivity (Wildman–Crippen MR) is 65.0 cm³/mol. The topological polar surface area (TPSA) is 41.8 Å². The number of hydrogen-bond acceptors (Lipinski definition) is 1. The Kier molecular flexibility index (Phi) is 3.07. The highest BCUT2D eigenvalue weighted by atomic mass is 14.7. The summed E-state index contributed by atoms with van der Waals surface area (Å²) in [5.41, 5.74) is 9.35. The maximum atomic E-state index is 5.48. The van der Waals surface area contributed by atoms with Crippen molar-refractivity contribution in [2.24, 2.45) is 5.73 Å². The van der Waals surface area contributed by atoms with E-state index in [4.69, 9.17) is 5.73 Å². The van der Waals surface area contributed by atoms with Crippen LogP contribution in [-0.2, 0) is 6.42 Å². The number of aryl methyl sites for hydroxylation is 2. The molecule has 2 rings (SSSR count). The van der Waals surface area contributed by atoms with Crippen molar-refractivity contribution in [2.45, 2.75) is 26.2 Å². The summed E-state index contributed by atoms with van der Waals surface area (Å²) in [7, 11) is 0. The van der Waals surface area contributed by atoms with E-state index in [2.05, 4.69) is 36.2 Å². The summed E-state index contributed by atoms with van der Waals surface area (Å²) in [4.78, 5) is 3.45. The first-order valence-corrected chi connectivity index (χ1v) is 5.58. The number of aromatic amines is 1. The van der Waals surface area contributed by atoms with Gasteiger partial charge in [0.05, 0.1) is 0 Å². The van der Waals surface area contributed by atoms with E-state index in [1.54, 1.807) is 0 Å². The summed E-state index contributed by atoms with van der Waals surface area (Å²) < 4.78 is 0. The standard InChI is InChI=1S/C13H18N2/c1-10-5-6-11-9-12(4-2-3-7-14)15-13(11)8-10/h5-6,8-9,15H,2-4,7,14H2,1H3. The molecule has 0 unspecified atom stereocenters. The fourth-order valence-electron chi connectivity index (χ4n) is 1.90. The van der Waals surface area contributed by atoms with E-state index in [0.717, 1.165) is 19.4 Å². The lowest BCUT2D eigenvalue weighted by Crippen LogP contribution is -1.98. The average Bonchev–Trinajstić information content (AvgIpc) is 2.60. The molecule has 15 heavy (non-hydrogen) atoms. The number of fused-ring (bicyclic) bond motifs is 1. The van der Waals surface area contributed by atoms with Crippen molar-refractivity contribution in [1.29, 1.82) is 0 Å². The summed E-state index contributed by atoms with van der Waals surface area (Å²) in [6.45, 7) is 2.91. The molecular formula is C13H18N2. The van der Waals surface area contributed by atoms with Crippen molar-refractivity contribution in [1.82, 2.24) is 4.98 Å². The minimum Gasteiger partial charge on any atom is -0.358 e. The Labute approximate surface area is 90.5 Å². The number of nitrogens with two attached hydrogens (primary N) is 1. The summed E-state index contributed by atoms with van der Waals surface area (Å²) >= 11 is 0. The van der Waals surface area contributed by atoms with Gasteiger partial charge in [0.25, 0.3) is 0 Å². The quantitative estimate of drug-likeness (QED) is 0.735. The average molecular weight is 202 g/mol. The number of nitrogens with one attached hydrogen (secondary N) is 1. The maximum absolute atomic E-state index is 5.48. The molecule has 0 atom stereocenters. The molecule has 0 aliphatic carbocycles. The van der Waals surface area contributed by atoms with Crippen LogP contribution in [0, 0.1) is 6.92 Å². The fraction of sp³-hybridized carbons (Fsp3) is 0.385. The molecule has 1 aromatic carbocycles. The Morgan fingerprint density at radius 3 is 2.87 bits per heavy atom. The molecule has 0 amide bonds. The predicted octanol–water partition coefficient (Wildman–Crippen LogP) is 2.76. The van der Waals surface area contributed by atoms with E-state index >= 15 is 0 Å². The third kappa shape index (κ3) is 2.39. The van der Waals surface area contributed by atoms with Crippen molar-refractivity contribution in [3.63, 3.8) is 0 Å². The Bertz CT molecular complexity index is 443. The van der Waals surface area contributed by atoms with Gasteiger partial charge in [-0.15, -0.1) is 0 Å². The number of hydrogen-bond donors (Lipinski definition) is 2. The number of unbranched alkanes of at least 4 members (excludes halogenated alkanes) is 1. The largest absolute Gasteiger partial charge is 0.358 e. The zero-order chi connectivity index (χ0) is 10.7. The molecule has 0 aliphatic rings. The van der Waals surface area contributed by atoms with Gasteiger partial charge in [-0.3, -0.25) is 0 Å². The molecule has 3 N–H and O–H groups in total. The Morgan fingerprint density at radius 2 is 2.07 bits per heavy atom. The number of aromatic nitrogens is 1. The van der Waals surface area contributed by atoms with Gasteiger partial charge in [-0.25, -0.2) is 0 Å². The normalized spacial score (nSPS) is 11.1. The highest BCUT2D eigenvalue weighted by molar-refractivity contribution is 5.81. The molecule has 0 aliphatic heterocycles. The van der Waals surface area contributed by atoms with Crippen LogP contribution in [0.1, 0.15) is 24.1 Å². The van der Waals surface area contributed by atoms with Gasteiger partial charge in [0.2, 0.25) is 0 Å². The van der Waals surface area contributed by atoms with Crippen LogP contribution in [0.5, 0.6) is 0 Å². The second kappa shape index (κ2) is 4.49. The Balaban J connectivity index is 2.16. The second-order valence-corrected chi connectivity index (χ2v) is 4.13. The number of benzene rings is 1. The Morgan fingerprint density at radius 1 is 1.20 bits per heavy atom. The highest BCUT2D eigenvalue weighted by Gasteiger charge is 2.00. The van der Waals surface area contributed by atoms with Gasteiger partial charge in [-0.2, -0.15) is 0 Å². The van der Waals surface area contributed by atoms with Crippen molar-refractivity contribution < 1.29 is 0 Å². The molecule has 1 heterocycles. The van der Waals surface area contributed by atoms with Crippen LogP contribution in [0.25, 0.3) is 10.9 Å². The minimum atomic E-state index is 0.791. The van der Waals surface area contributed by atoms with Gasteiger partial charge in [-0.05, 0) is 55.8 Å². The first-order chi connectivity index (χ1) is 7.29. The van der Waals surface area contributed by atoms with Crippen LogP contribution >= 0.6 is 0 Å². The molecule has 2 heteroatoms. The van der Waals surface area contributed by atoms with Crippen LogP contribution in [0.2, 0.25) is 0 Å². The zero-order valence-corrected chi connectivity index (χ0v) is 9.22. The van der Waals surface area contributed by atoms with Crippen LogP contribution in [0.3, 0.4) is 0 Å². The molecule has 80 valence electrons. The van der Waals surface area contributed by atoms with Crippen LogP contribution in [-0.4, -0.2) is 11.5 Å². The second-order valence-electron chi connectivity index (χ2n) is 4.13. The minimum absolute atomic E-state index is 0.791. The van der Waals surface area contributed by atoms with E-state index in [9.17, 15) is 0 Å². The molecule has 0 saturated carbocycles. The summed E-state index contributed by atoms with van der Waals surface area (Å²) in [6, 6.07) is 8.76. The molecule has 0 radical (unpaired) electrons. The van der Waals surface area contributed by atoms with Gasteiger partial charge in [0, 0.05) is 11.2 Å². The third-order valence-corrected chi connectivity index (χ3v) is 2.73. The van der Waals surface area contributed by atoms with Gasteiger partial charge in [0.1, 0.15) is 0 Å². The SMILES string of the molecule is Cc1ccc2cc(CCCCN)[nH]c2c1. The smallest absolute Gasteiger partial charge is 0.0458 e. The first-order valence-electron chi connectivity index (χ1n) is 5.58. The van der Waals surface area contributed by atoms with Crippen LogP contribution in [0.15, 0.2) is 24.3 Å². The Hall–Kier alpha value is -1.28. The lowest BCUT2D eigenvalue weighted by molar-refractivity contribution is 0.736. The van der Waals surface area contributed by atoms with Crippen LogP contribution in [0.4, 0.5) is 0 Å². The lowest BCUT2D eigenvalue weighted by atomic mass is 10.1.